The molecule has 0 saturated heterocycles. The number of nitrogens with two attached hydrogens (primary N) is 1. The number of hydrogen-bond donors (Lipinski definition) is 2. The average Bonchev–Trinajstić information content (AvgIpc) is 2.44. The van der Waals surface area contributed by atoms with Gasteiger partial charge in [0.1, 0.15) is 0 Å². The van der Waals surface area contributed by atoms with Crippen molar-refractivity contribution in [1.29, 1.82) is 0 Å². The number of benzene rings is 1. The van der Waals surface area contributed by atoms with E-state index in [1.54, 1.807) is 31.2 Å². The van der Waals surface area contributed by atoms with E-state index in [1.165, 1.54) is 0 Å². The lowest BCUT2D eigenvalue weighted by Crippen LogP contribution is -2.30. The highest BCUT2D eigenvalue weighted by molar-refractivity contribution is 6.26. The first-order valence-electron chi connectivity index (χ1n) is 6.50. The van der Waals surface area contributed by atoms with Crippen LogP contribution >= 0.6 is 0 Å². The highest BCUT2D eigenvalue weighted by atomic mass is 16.1. The van der Waals surface area contributed by atoms with Gasteiger partial charge in [-0.1, -0.05) is 24.3 Å². The normalized spacial score (nSPS) is 14.6. The minimum absolute atomic E-state index is 0.0727. The van der Waals surface area contributed by atoms with Crippen molar-refractivity contribution in [2.75, 3.05) is 13.1 Å². The van der Waals surface area contributed by atoms with Gasteiger partial charge in [-0.15, -0.1) is 0 Å². The van der Waals surface area contributed by atoms with E-state index < -0.39 is 0 Å². The molecular formula is C15H18N2O2. The molecule has 0 amide bonds. The number of rotatable bonds is 5. The Kier molecular flexibility index (Phi) is 4.12. The molecule has 0 radical (unpaired) electrons. The van der Waals surface area contributed by atoms with Gasteiger partial charge in [0.15, 0.2) is 5.78 Å². The van der Waals surface area contributed by atoms with Crippen LogP contribution < -0.4 is 11.1 Å². The maximum Gasteiger partial charge on any atom is 0.209 e. The molecule has 0 fully saturated rings. The number of allylic oxidation sites excluding steroid dienone is 2. The topological polar surface area (TPSA) is 72.2 Å². The Bertz CT molecular complexity index is 547. The fraction of sp³-hybridized carbons (Fsp3) is 0.333. The van der Waals surface area contributed by atoms with Crippen LogP contribution in [0.4, 0.5) is 0 Å². The second kappa shape index (κ2) is 5.80. The molecule has 100 valence electrons. The Morgan fingerprint density at radius 1 is 1.05 bits per heavy atom. The molecule has 0 spiro atoms. The lowest BCUT2D eigenvalue weighted by molar-refractivity contribution is 0.0968. The van der Waals surface area contributed by atoms with Gasteiger partial charge in [0.05, 0.1) is 5.70 Å². The smallest absolute Gasteiger partial charge is 0.209 e. The van der Waals surface area contributed by atoms with E-state index in [0.29, 0.717) is 35.5 Å². The summed E-state index contributed by atoms with van der Waals surface area (Å²) in [5, 5.41) is 3.08. The van der Waals surface area contributed by atoms with Crippen molar-refractivity contribution in [2.45, 2.75) is 19.8 Å². The lowest BCUT2D eigenvalue weighted by Gasteiger charge is -2.20. The highest BCUT2D eigenvalue weighted by Gasteiger charge is 2.29. The van der Waals surface area contributed by atoms with Crippen LogP contribution in [0.15, 0.2) is 35.5 Å². The first-order chi connectivity index (χ1) is 9.16. The van der Waals surface area contributed by atoms with Crippen molar-refractivity contribution >= 4 is 11.6 Å². The molecule has 0 bridgehead atoms. The van der Waals surface area contributed by atoms with Gasteiger partial charge < -0.3 is 11.1 Å². The summed E-state index contributed by atoms with van der Waals surface area (Å²) in [5.41, 5.74) is 7.34. The minimum Gasteiger partial charge on any atom is -0.382 e. The average molecular weight is 258 g/mol. The monoisotopic (exact) mass is 258 g/mol. The summed E-state index contributed by atoms with van der Waals surface area (Å²) in [6.07, 6.45) is 1.79. The number of carbonyl (C=O) groups excluding carboxylic acids is 2. The Morgan fingerprint density at radius 2 is 1.68 bits per heavy atom. The van der Waals surface area contributed by atoms with Crippen LogP contribution in [0, 0.1) is 0 Å². The van der Waals surface area contributed by atoms with E-state index in [1.807, 2.05) is 0 Å². The molecular weight excluding hydrogens is 240 g/mol. The minimum atomic E-state index is -0.0968. The third kappa shape index (κ3) is 2.58. The zero-order valence-electron chi connectivity index (χ0n) is 11.0. The van der Waals surface area contributed by atoms with E-state index in [0.717, 1.165) is 12.8 Å². The quantitative estimate of drug-likeness (QED) is 0.788. The number of fused-ring (bicyclic) bond motifs is 1. The largest absolute Gasteiger partial charge is 0.382 e. The fourth-order valence-corrected chi connectivity index (χ4v) is 2.20. The number of Topliss-reactive ketones (excluding diaryl/α,β-unsaturated/α-hetero) is 2. The fourth-order valence-electron chi connectivity index (χ4n) is 2.20. The first kappa shape index (κ1) is 13.5. The van der Waals surface area contributed by atoms with Crippen LogP contribution in [0.3, 0.4) is 0 Å². The maximum atomic E-state index is 12.3. The zero-order chi connectivity index (χ0) is 13.8. The van der Waals surface area contributed by atoms with Gasteiger partial charge >= 0.3 is 0 Å². The maximum absolute atomic E-state index is 12.3. The molecule has 1 aromatic rings. The van der Waals surface area contributed by atoms with Crippen LogP contribution in [0.25, 0.3) is 0 Å². The van der Waals surface area contributed by atoms with E-state index in [4.69, 9.17) is 5.73 Å². The molecule has 19 heavy (non-hydrogen) atoms. The van der Waals surface area contributed by atoms with Crippen LogP contribution in [-0.2, 0) is 0 Å². The van der Waals surface area contributed by atoms with Crippen molar-refractivity contribution in [2.24, 2.45) is 5.73 Å². The molecule has 0 heterocycles. The third-order valence-corrected chi connectivity index (χ3v) is 3.29. The summed E-state index contributed by atoms with van der Waals surface area (Å²) < 4.78 is 0. The van der Waals surface area contributed by atoms with E-state index >= 15 is 0 Å². The SMILES string of the molecule is CC1=C(NCCCCN)C(=O)c2ccccc2C1=O. The molecule has 0 unspecified atom stereocenters. The summed E-state index contributed by atoms with van der Waals surface area (Å²) in [6.45, 7) is 2.99. The van der Waals surface area contributed by atoms with E-state index in [2.05, 4.69) is 5.32 Å². The Morgan fingerprint density at radius 3 is 2.32 bits per heavy atom. The predicted molar refractivity (Wildman–Crippen MR) is 74.1 cm³/mol. The second-order valence-electron chi connectivity index (χ2n) is 4.63. The molecule has 0 atom stereocenters. The van der Waals surface area contributed by atoms with E-state index in [9.17, 15) is 9.59 Å². The summed E-state index contributed by atoms with van der Waals surface area (Å²) >= 11 is 0. The first-order valence-corrected chi connectivity index (χ1v) is 6.50. The molecule has 4 heteroatoms. The summed E-state index contributed by atoms with van der Waals surface area (Å²) in [5.74, 6) is -0.169. The second-order valence-corrected chi connectivity index (χ2v) is 4.63. The van der Waals surface area contributed by atoms with Crippen molar-refractivity contribution in [1.82, 2.24) is 5.32 Å². The van der Waals surface area contributed by atoms with Crippen LogP contribution in [0.5, 0.6) is 0 Å². The molecule has 1 aliphatic rings. The van der Waals surface area contributed by atoms with Gasteiger partial charge in [-0.3, -0.25) is 9.59 Å². The van der Waals surface area contributed by atoms with Gasteiger partial charge in [-0.25, -0.2) is 0 Å². The van der Waals surface area contributed by atoms with Crippen molar-refractivity contribution < 1.29 is 9.59 Å². The van der Waals surface area contributed by atoms with Crippen molar-refractivity contribution in [3.8, 4) is 0 Å². The molecule has 0 aromatic heterocycles. The number of unbranched alkanes of at least 4 members (excludes halogenated alkanes) is 1. The van der Waals surface area contributed by atoms with Gasteiger partial charge in [0.2, 0.25) is 5.78 Å². The Hall–Kier alpha value is -1.94. The van der Waals surface area contributed by atoms with Crippen molar-refractivity contribution in [3.05, 3.63) is 46.7 Å². The Labute approximate surface area is 112 Å². The molecule has 4 nitrogen and oxygen atoms in total. The zero-order valence-corrected chi connectivity index (χ0v) is 11.0. The highest BCUT2D eigenvalue weighted by Crippen LogP contribution is 2.24. The van der Waals surface area contributed by atoms with Crippen LogP contribution in [0.2, 0.25) is 0 Å². The van der Waals surface area contributed by atoms with Gasteiger partial charge in [0, 0.05) is 23.2 Å². The summed E-state index contributed by atoms with van der Waals surface area (Å²) in [6, 6.07) is 6.95. The lowest BCUT2D eigenvalue weighted by atomic mass is 9.88. The summed E-state index contributed by atoms with van der Waals surface area (Å²) in [7, 11) is 0. The molecule has 2 rings (SSSR count). The van der Waals surface area contributed by atoms with Crippen LogP contribution in [-0.4, -0.2) is 24.7 Å². The molecule has 1 aromatic carbocycles. The number of ketones is 2. The number of carbonyl (C=O) groups is 2. The van der Waals surface area contributed by atoms with Gasteiger partial charge in [-0.05, 0) is 26.3 Å². The standard InChI is InChI=1S/C15H18N2O2/c1-10-13(17-9-5-4-8-16)15(19)12-7-3-2-6-11(12)14(10)18/h2-3,6-7,17H,4-5,8-9,16H2,1H3. The third-order valence-electron chi connectivity index (χ3n) is 3.29. The number of hydrogen-bond acceptors (Lipinski definition) is 4. The van der Waals surface area contributed by atoms with Crippen molar-refractivity contribution in [3.63, 3.8) is 0 Å². The molecule has 0 saturated carbocycles. The van der Waals surface area contributed by atoms with Gasteiger partial charge in [0.25, 0.3) is 0 Å². The summed E-state index contributed by atoms with van der Waals surface area (Å²) in [4.78, 5) is 24.5. The van der Waals surface area contributed by atoms with Gasteiger partial charge in [-0.2, -0.15) is 0 Å². The van der Waals surface area contributed by atoms with E-state index in [-0.39, 0.29) is 11.6 Å². The Balaban J connectivity index is 2.22. The van der Waals surface area contributed by atoms with Crippen LogP contribution in [0.1, 0.15) is 40.5 Å². The molecule has 3 N–H and O–H groups in total. The molecule has 0 aliphatic heterocycles. The molecule has 1 aliphatic carbocycles. The number of nitrogens with one attached hydrogen (secondary N) is 1. The predicted octanol–water partition coefficient (Wildman–Crippen LogP) is 1.67.